The third-order valence-electron chi connectivity index (χ3n) is 5.90. The van der Waals surface area contributed by atoms with Crippen LogP contribution < -0.4 is 15.5 Å². The lowest BCUT2D eigenvalue weighted by molar-refractivity contribution is 0.131. The lowest BCUT2D eigenvalue weighted by atomic mass is 10.0. The summed E-state index contributed by atoms with van der Waals surface area (Å²) in [6, 6.07) is 7.45. The summed E-state index contributed by atoms with van der Waals surface area (Å²) >= 11 is 6.77. The van der Waals surface area contributed by atoms with Gasteiger partial charge in [0.15, 0.2) is 17.2 Å². The van der Waals surface area contributed by atoms with Crippen molar-refractivity contribution in [3.8, 4) is 12.1 Å². The number of piperidine rings is 1. The number of benzene rings is 1. The van der Waals surface area contributed by atoms with Gasteiger partial charge in [0.1, 0.15) is 6.07 Å². The van der Waals surface area contributed by atoms with Crippen LogP contribution in [0.1, 0.15) is 31.0 Å². The Hall–Kier alpha value is -4.29. The summed E-state index contributed by atoms with van der Waals surface area (Å²) in [5, 5.41) is 39.2. The van der Waals surface area contributed by atoms with Gasteiger partial charge in [-0.2, -0.15) is 20.0 Å². The summed E-state index contributed by atoms with van der Waals surface area (Å²) in [4.78, 5) is 23.3. The van der Waals surface area contributed by atoms with Crippen LogP contribution >= 0.6 is 11.6 Å². The fraction of sp³-hybridized carbons (Fsp3) is 0.364. The average Bonchev–Trinajstić information content (AvgIpc) is 3.28. The first-order valence-corrected chi connectivity index (χ1v) is 11.3. The molecule has 1 aliphatic heterocycles. The number of nitrogens with one attached hydrogen (secondary N) is 2. The molecule has 1 aromatic carbocycles. The van der Waals surface area contributed by atoms with Gasteiger partial charge in [0.05, 0.1) is 34.2 Å². The Labute approximate surface area is 206 Å². The minimum atomic E-state index is -0.953. The topological polar surface area (TPSA) is 158 Å². The Balaban J connectivity index is 1.66. The molecular weight excluding hydrogens is 472 g/mol. The molecule has 13 heteroatoms. The normalized spacial score (nSPS) is 13.8. The number of aromatic nitrogens is 4. The fourth-order valence-corrected chi connectivity index (χ4v) is 4.34. The van der Waals surface area contributed by atoms with Gasteiger partial charge in [-0.05, 0) is 31.9 Å². The van der Waals surface area contributed by atoms with E-state index in [2.05, 4.69) is 31.8 Å². The van der Waals surface area contributed by atoms with E-state index in [9.17, 15) is 20.4 Å². The third-order valence-corrected chi connectivity index (χ3v) is 6.30. The molecule has 4 rings (SSSR count). The molecule has 3 aromatic rings. The first-order chi connectivity index (χ1) is 16.9. The number of amides is 1. The van der Waals surface area contributed by atoms with Gasteiger partial charge in [-0.25, -0.2) is 9.78 Å². The SMILES string of the molecule is CCNc1nc(Nc2cc(C#N)cc(N3CCC(N(C)C(=O)O)CC3)c2Cl)nn2c(C#N)cnc12. The smallest absolute Gasteiger partial charge is 0.407 e. The molecule has 1 amide bonds. The van der Waals surface area contributed by atoms with Gasteiger partial charge in [-0.1, -0.05) is 11.6 Å². The summed E-state index contributed by atoms with van der Waals surface area (Å²) in [6.45, 7) is 3.67. The van der Waals surface area contributed by atoms with Gasteiger partial charge < -0.3 is 25.5 Å². The van der Waals surface area contributed by atoms with Crippen LogP contribution in [0.25, 0.3) is 5.65 Å². The van der Waals surface area contributed by atoms with Crippen LogP contribution in [0.2, 0.25) is 5.02 Å². The van der Waals surface area contributed by atoms with E-state index in [1.54, 1.807) is 19.2 Å². The largest absolute Gasteiger partial charge is 0.465 e. The van der Waals surface area contributed by atoms with E-state index < -0.39 is 6.09 Å². The molecule has 0 aliphatic carbocycles. The standard InChI is InChI=1S/C22H23ClN10O2/c1-3-26-19-20-27-12-15(11-25)33(20)30-21(29-19)28-16-8-13(10-24)9-17(18(16)23)32-6-4-14(5-7-32)31(2)22(34)35/h8-9,12,14H,3-7H2,1-2H3,(H,34,35)(H2,26,28,29,30). The minimum Gasteiger partial charge on any atom is -0.465 e. The Morgan fingerprint density at radius 3 is 2.69 bits per heavy atom. The molecule has 180 valence electrons. The molecule has 0 atom stereocenters. The lowest BCUT2D eigenvalue weighted by Gasteiger charge is -2.37. The van der Waals surface area contributed by atoms with Crippen LogP contribution in [0.4, 0.5) is 27.9 Å². The molecule has 2 aromatic heterocycles. The monoisotopic (exact) mass is 494 g/mol. The van der Waals surface area contributed by atoms with Crippen LogP contribution in [0.3, 0.4) is 0 Å². The van der Waals surface area contributed by atoms with E-state index in [-0.39, 0.29) is 17.7 Å². The zero-order chi connectivity index (χ0) is 25.1. The zero-order valence-electron chi connectivity index (χ0n) is 19.2. The maximum absolute atomic E-state index is 11.3. The van der Waals surface area contributed by atoms with Gasteiger partial charge in [0.25, 0.3) is 0 Å². The van der Waals surface area contributed by atoms with Crippen LogP contribution in [0, 0.1) is 22.7 Å². The molecule has 0 saturated carbocycles. The molecular formula is C22H23ClN10O2. The number of fused-ring (bicyclic) bond motifs is 1. The maximum atomic E-state index is 11.3. The van der Waals surface area contributed by atoms with Crippen molar-refractivity contribution in [2.45, 2.75) is 25.8 Å². The number of carbonyl (C=O) groups is 1. The Bertz CT molecular complexity index is 1350. The minimum absolute atomic E-state index is 0.0756. The number of carboxylic acid groups (broad SMARTS) is 1. The highest BCUT2D eigenvalue weighted by molar-refractivity contribution is 6.36. The van der Waals surface area contributed by atoms with E-state index in [0.29, 0.717) is 65.9 Å². The summed E-state index contributed by atoms with van der Waals surface area (Å²) in [5.74, 6) is 0.622. The third kappa shape index (κ3) is 4.69. The molecule has 12 nitrogen and oxygen atoms in total. The van der Waals surface area contributed by atoms with Crippen molar-refractivity contribution >= 4 is 46.5 Å². The van der Waals surface area contributed by atoms with Gasteiger partial charge in [0, 0.05) is 32.7 Å². The summed E-state index contributed by atoms with van der Waals surface area (Å²) < 4.78 is 1.39. The Kier molecular flexibility index (Phi) is 6.75. The highest BCUT2D eigenvalue weighted by atomic mass is 35.5. The predicted octanol–water partition coefficient (Wildman–Crippen LogP) is 3.28. The van der Waals surface area contributed by atoms with E-state index in [1.165, 1.54) is 15.6 Å². The van der Waals surface area contributed by atoms with E-state index >= 15 is 0 Å². The lowest BCUT2D eigenvalue weighted by Crippen LogP contribution is -2.45. The Morgan fingerprint density at radius 1 is 1.31 bits per heavy atom. The van der Waals surface area contributed by atoms with Gasteiger partial charge >= 0.3 is 6.09 Å². The predicted molar refractivity (Wildman–Crippen MR) is 130 cm³/mol. The molecule has 0 bridgehead atoms. The van der Waals surface area contributed by atoms with Crippen molar-refractivity contribution in [1.82, 2.24) is 24.5 Å². The van der Waals surface area contributed by atoms with Crippen molar-refractivity contribution in [3.63, 3.8) is 0 Å². The molecule has 1 aliphatic rings. The van der Waals surface area contributed by atoms with Crippen LogP contribution in [-0.4, -0.2) is 68.4 Å². The van der Waals surface area contributed by atoms with Crippen LogP contribution in [0.15, 0.2) is 18.3 Å². The fourth-order valence-electron chi connectivity index (χ4n) is 4.06. The first kappa shape index (κ1) is 23.9. The number of hydrogen-bond donors (Lipinski definition) is 3. The van der Waals surface area contributed by atoms with Crippen molar-refractivity contribution in [1.29, 1.82) is 10.5 Å². The number of anilines is 4. The van der Waals surface area contributed by atoms with E-state index in [1.807, 2.05) is 17.9 Å². The summed E-state index contributed by atoms with van der Waals surface area (Å²) in [6.07, 6.45) is 1.75. The number of hydrogen-bond acceptors (Lipinski definition) is 9. The number of nitriles is 2. The highest BCUT2D eigenvalue weighted by Crippen LogP contribution is 2.37. The molecule has 0 unspecified atom stereocenters. The van der Waals surface area contributed by atoms with Crippen LogP contribution in [-0.2, 0) is 0 Å². The van der Waals surface area contributed by atoms with Crippen molar-refractivity contribution < 1.29 is 9.90 Å². The zero-order valence-corrected chi connectivity index (χ0v) is 19.9. The van der Waals surface area contributed by atoms with Gasteiger partial charge in [0.2, 0.25) is 5.95 Å². The van der Waals surface area contributed by atoms with Crippen molar-refractivity contribution in [3.05, 3.63) is 34.6 Å². The average molecular weight is 495 g/mol. The molecule has 3 heterocycles. The highest BCUT2D eigenvalue weighted by Gasteiger charge is 2.27. The van der Waals surface area contributed by atoms with Crippen molar-refractivity contribution in [2.75, 3.05) is 42.2 Å². The maximum Gasteiger partial charge on any atom is 0.407 e. The number of halogens is 1. The summed E-state index contributed by atoms with van der Waals surface area (Å²) in [5.41, 5.74) is 2.16. The van der Waals surface area contributed by atoms with E-state index in [0.717, 1.165) is 0 Å². The second-order valence-electron chi connectivity index (χ2n) is 8.01. The summed E-state index contributed by atoms with van der Waals surface area (Å²) in [7, 11) is 1.57. The number of nitrogens with zero attached hydrogens (tertiary/aromatic N) is 8. The molecule has 0 spiro atoms. The molecule has 0 radical (unpaired) electrons. The van der Waals surface area contributed by atoms with Crippen molar-refractivity contribution in [2.24, 2.45) is 0 Å². The Morgan fingerprint density at radius 2 is 2.06 bits per heavy atom. The second-order valence-corrected chi connectivity index (χ2v) is 8.39. The molecule has 1 saturated heterocycles. The number of imidazole rings is 1. The van der Waals surface area contributed by atoms with Gasteiger partial charge in [-0.15, -0.1) is 5.10 Å². The van der Waals surface area contributed by atoms with Crippen LogP contribution in [0.5, 0.6) is 0 Å². The number of rotatable bonds is 6. The molecule has 35 heavy (non-hydrogen) atoms. The first-order valence-electron chi connectivity index (χ1n) is 11.0. The molecule has 3 N–H and O–H groups in total. The molecule has 1 fully saturated rings. The quantitative estimate of drug-likeness (QED) is 0.464. The van der Waals surface area contributed by atoms with Gasteiger partial charge in [-0.3, -0.25) is 0 Å². The second kappa shape index (κ2) is 9.91. The van der Waals surface area contributed by atoms with E-state index in [4.69, 9.17) is 11.6 Å².